The number of carbonyl (C=O) groups excluding carboxylic acids is 1. The smallest absolute Gasteiger partial charge is 0.277 e. The first-order valence-electron chi connectivity index (χ1n) is 6.76. The van der Waals surface area contributed by atoms with Crippen LogP contribution in [0.25, 0.3) is 10.1 Å². The lowest BCUT2D eigenvalue weighted by Crippen LogP contribution is -2.52. The molecule has 1 aromatic carbocycles. The average Bonchev–Trinajstić information content (AvgIpc) is 2.79. The monoisotopic (exact) mass is 324 g/mol. The largest absolute Gasteiger partial charge is 0.397 e. The Bertz CT molecular complexity index is 679. The van der Waals surface area contributed by atoms with Gasteiger partial charge in [-0.05, 0) is 25.2 Å². The number of benzene rings is 1. The van der Waals surface area contributed by atoms with Crippen LogP contribution in [0.15, 0.2) is 18.2 Å². The fourth-order valence-corrected chi connectivity index (χ4v) is 3.54. The van der Waals surface area contributed by atoms with E-state index in [1.807, 2.05) is 17.1 Å². The van der Waals surface area contributed by atoms with E-state index < -0.39 is 0 Å². The molecule has 0 radical (unpaired) electrons. The molecule has 21 heavy (non-hydrogen) atoms. The molecule has 0 unspecified atom stereocenters. The van der Waals surface area contributed by atoms with Gasteiger partial charge in [-0.15, -0.1) is 11.3 Å². The van der Waals surface area contributed by atoms with Crippen LogP contribution in [0, 0.1) is 0 Å². The Kier molecular flexibility index (Phi) is 4.03. The Labute approximate surface area is 132 Å². The molecule has 0 aliphatic carbocycles. The van der Waals surface area contributed by atoms with Crippen LogP contribution in [-0.2, 0) is 0 Å². The van der Waals surface area contributed by atoms with E-state index in [0.717, 1.165) is 36.3 Å². The molecule has 1 saturated heterocycles. The van der Waals surface area contributed by atoms with E-state index >= 15 is 0 Å². The summed E-state index contributed by atoms with van der Waals surface area (Å²) in [5.74, 6) is -0.144. The number of likely N-dealkylation sites (N-methyl/N-ethyl adjacent to an activating group) is 1. The fourth-order valence-electron chi connectivity index (χ4n) is 2.37. The van der Waals surface area contributed by atoms with Gasteiger partial charge in [0, 0.05) is 41.3 Å². The summed E-state index contributed by atoms with van der Waals surface area (Å²) >= 11 is 7.38. The molecule has 1 aliphatic heterocycles. The van der Waals surface area contributed by atoms with Crippen molar-refractivity contribution in [3.63, 3.8) is 0 Å². The summed E-state index contributed by atoms with van der Waals surface area (Å²) in [4.78, 5) is 15.2. The van der Waals surface area contributed by atoms with Gasteiger partial charge in [0.2, 0.25) is 0 Å². The average molecular weight is 325 g/mol. The van der Waals surface area contributed by atoms with Crippen molar-refractivity contribution in [1.82, 2.24) is 15.3 Å². The molecule has 1 amide bonds. The maximum absolute atomic E-state index is 12.4. The number of thiophene rings is 1. The molecule has 2 aromatic rings. The molecule has 2 heterocycles. The van der Waals surface area contributed by atoms with Crippen molar-refractivity contribution in [2.75, 3.05) is 39.0 Å². The molecular weight excluding hydrogens is 308 g/mol. The van der Waals surface area contributed by atoms with Crippen LogP contribution in [0.3, 0.4) is 0 Å². The van der Waals surface area contributed by atoms with Gasteiger partial charge in [-0.1, -0.05) is 11.6 Å². The Morgan fingerprint density at radius 3 is 2.76 bits per heavy atom. The maximum Gasteiger partial charge on any atom is 0.277 e. The molecule has 1 fully saturated rings. The number of hydrogen-bond donors (Lipinski definition) is 2. The number of piperazine rings is 1. The van der Waals surface area contributed by atoms with Crippen LogP contribution in [-0.4, -0.2) is 49.0 Å². The molecule has 112 valence electrons. The van der Waals surface area contributed by atoms with Crippen molar-refractivity contribution in [3.8, 4) is 0 Å². The van der Waals surface area contributed by atoms with Crippen LogP contribution in [0.4, 0.5) is 5.69 Å². The predicted octanol–water partition coefficient (Wildman–Crippen LogP) is 2.03. The number of amides is 1. The molecule has 0 saturated carbocycles. The molecule has 0 spiro atoms. The highest BCUT2D eigenvalue weighted by atomic mass is 35.5. The summed E-state index contributed by atoms with van der Waals surface area (Å²) < 4.78 is 0.973. The third-order valence-electron chi connectivity index (χ3n) is 3.66. The van der Waals surface area contributed by atoms with E-state index in [1.165, 1.54) is 11.3 Å². The van der Waals surface area contributed by atoms with Crippen molar-refractivity contribution >= 4 is 44.6 Å². The van der Waals surface area contributed by atoms with Crippen LogP contribution < -0.4 is 11.2 Å². The number of nitrogens with one attached hydrogen (secondary N) is 1. The van der Waals surface area contributed by atoms with Crippen molar-refractivity contribution in [2.45, 2.75) is 0 Å². The number of nitrogens with zero attached hydrogens (tertiary/aromatic N) is 2. The summed E-state index contributed by atoms with van der Waals surface area (Å²) in [6.07, 6.45) is 0. The molecule has 0 atom stereocenters. The number of carbonyl (C=O) groups is 1. The Balaban J connectivity index is 1.80. The summed E-state index contributed by atoms with van der Waals surface area (Å²) in [7, 11) is 2.08. The first-order chi connectivity index (χ1) is 10.0. The second kappa shape index (κ2) is 5.81. The number of halogens is 1. The second-order valence-corrected chi connectivity index (χ2v) is 6.71. The van der Waals surface area contributed by atoms with E-state index in [1.54, 1.807) is 6.07 Å². The second-order valence-electron chi connectivity index (χ2n) is 5.22. The molecule has 7 heteroatoms. The number of nitrogen functional groups attached to an aromatic ring is 1. The number of hydrazine groups is 1. The van der Waals surface area contributed by atoms with Gasteiger partial charge in [-0.2, -0.15) is 0 Å². The van der Waals surface area contributed by atoms with Gasteiger partial charge in [-0.25, -0.2) is 5.01 Å². The van der Waals surface area contributed by atoms with Crippen LogP contribution >= 0.6 is 22.9 Å². The van der Waals surface area contributed by atoms with Gasteiger partial charge in [0.05, 0.1) is 5.69 Å². The van der Waals surface area contributed by atoms with Gasteiger partial charge in [0.25, 0.3) is 5.91 Å². The minimum Gasteiger partial charge on any atom is -0.397 e. The number of hydrogen-bond acceptors (Lipinski definition) is 5. The van der Waals surface area contributed by atoms with E-state index in [2.05, 4.69) is 17.4 Å². The summed E-state index contributed by atoms with van der Waals surface area (Å²) in [6, 6.07) is 5.50. The SMILES string of the molecule is CN1CCN(NC(=O)c2sc3ccc(Cl)cc3c2N)CC1. The lowest BCUT2D eigenvalue weighted by Gasteiger charge is -2.32. The first-order valence-corrected chi connectivity index (χ1v) is 7.96. The van der Waals surface area contributed by atoms with Gasteiger partial charge in [-0.3, -0.25) is 10.2 Å². The van der Waals surface area contributed by atoms with Gasteiger partial charge < -0.3 is 10.6 Å². The predicted molar refractivity (Wildman–Crippen MR) is 87.8 cm³/mol. The van der Waals surface area contributed by atoms with Crippen LogP contribution in [0.5, 0.6) is 0 Å². The summed E-state index contributed by atoms with van der Waals surface area (Å²) in [6.45, 7) is 3.52. The number of rotatable bonds is 2. The third kappa shape index (κ3) is 2.98. The summed E-state index contributed by atoms with van der Waals surface area (Å²) in [5, 5.41) is 3.41. The first kappa shape index (κ1) is 14.6. The zero-order valence-corrected chi connectivity index (χ0v) is 13.3. The minimum absolute atomic E-state index is 0.144. The van der Waals surface area contributed by atoms with E-state index in [0.29, 0.717) is 15.6 Å². The molecule has 3 rings (SSSR count). The standard InChI is InChI=1S/C14H17ClN4OS/c1-18-4-6-19(7-5-18)17-14(20)13-12(16)10-8-9(15)2-3-11(10)21-13/h2-3,8H,4-7,16H2,1H3,(H,17,20). The quantitative estimate of drug-likeness (QED) is 0.887. The zero-order chi connectivity index (χ0) is 15.0. The maximum atomic E-state index is 12.4. The summed E-state index contributed by atoms with van der Waals surface area (Å²) in [5.41, 5.74) is 9.54. The lowest BCUT2D eigenvalue weighted by molar-refractivity contribution is 0.0667. The van der Waals surface area contributed by atoms with Gasteiger partial charge >= 0.3 is 0 Å². The van der Waals surface area contributed by atoms with E-state index in [9.17, 15) is 4.79 Å². The molecule has 0 bridgehead atoms. The molecule has 1 aromatic heterocycles. The molecular formula is C14H17ClN4OS. The minimum atomic E-state index is -0.144. The normalized spacial score (nSPS) is 17.2. The fraction of sp³-hybridized carbons (Fsp3) is 0.357. The zero-order valence-electron chi connectivity index (χ0n) is 11.7. The Morgan fingerprint density at radius 1 is 1.33 bits per heavy atom. The van der Waals surface area contributed by atoms with Crippen LogP contribution in [0.2, 0.25) is 5.02 Å². The highest BCUT2D eigenvalue weighted by Gasteiger charge is 2.20. The number of anilines is 1. The van der Waals surface area contributed by atoms with Crippen molar-refractivity contribution in [2.24, 2.45) is 0 Å². The van der Waals surface area contributed by atoms with Gasteiger partial charge in [0.1, 0.15) is 4.88 Å². The van der Waals surface area contributed by atoms with E-state index in [4.69, 9.17) is 17.3 Å². The van der Waals surface area contributed by atoms with Crippen molar-refractivity contribution in [3.05, 3.63) is 28.1 Å². The highest BCUT2D eigenvalue weighted by molar-refractivity contribution is 7.21. The number of fused-ring (bicyclic) bond motifs is 1. The lowest BCUT2D eigenvalue weighted by atomic mass is 10.2. The van der Waals surface area contributed by atoms with Crippen LogP contribution in [0.1, 0.15) is 9.67 Å². The molecule has 3 N–H and O–H groups in total. The van der Waals surface area contributed by atoms with Crippen molar-refractivity contribution in [1.29, 1.82) is 0 Å². The topological polar surface area (TPSA) is 61.6 Å². The Morgan fingerprint density at radius 2 is 2.05 bits per heavy atom. The van der Waals surface area contributed by atoms with Crippen molar-refractivity contribution < 1.29 is 4.79 Å². The van der Waals surface area contributed by atoms with Gasteiger partial charge in [0.15, 0.2) is 0 Å². The third-order valence-corrected chi connectivity index (χ3v) is 5.08. The Hall–Kier alpha value is -1.34. The van der Waals surface area contributed by atoms with E-state index in [-0.39, 0.29) is 5.91 Å². The molecule has 1 aliphatic rings. The number of nitrogens with two attached hydrogens (primary N) is 1. The molecule has 5 nitrogen and oxygen atoms in total. The highest BCUT2D eigenvalue weighted by Crippen LogP contribution is 2.35.